The summed E-state index contributed by atoms with van der Waals surface area (Å²) in [6.07, 6.45) is 2.72. The van der Waals surface area contributed by atoms with Crippen LogP contribution in [0.4, 0.5) is 0 Å². The number of nitrogens with zero attached hydrogens (tertiary/aromatic N) is 3. The molecule has 1 aliphatic heterocycles. The minimum absolute atomic E-state index is 0.0279. The summed E-state index contributed by atoms with van der Waals surface area (Å²) in [6, 6.07) is 6.59. The third-order valence-electron chi connectivity index (χ3n) is 7.45. The number of hydrogen-bond donors (Lipinski definition) is 3. The largest absolute Gasteiger partial charge is 0.507 e. The molecule has 3 N–H and O–H groups in total. The summed E-state index contributed by atoms with van der Waals surface area (Å²) in [5.41, 5.74) is -0.854. The van der Waals surface area contributed by atoms with Gasteiger partial charge in [0.25, 0.3) is 0 Å². The van der Waals surface area contributed by atoms with Crippen LogP contribution < -0.4 is 14.8 Å². The number of aromatic hydroxyl groups is 2. The van der Waals surface area contributed by atoms with Crippen LogP contribution in [0.3, 0.4) is 0 Å². The molecule has 206 valence electrons. The van der Waals surface area contributed by atoms with Gasteiger partial charge in [0.1, 0.15) is 52.1 Å². The first-order valence-corrected chi connectivity index (χ1v) is 12.5. The third kappa shape index (κ3) is 3.84. The van der Waals surface area contributed by atoms with Crippen molar-refractivity contribution in [3.8, 4) is 23.0 Å². The zero-order chi connectivity index (χ0) is 29.1. The lowest BCUT2D eigenvalue weighted by atomic mass is 9.70. The summed E-state index contributed by atoms with van der Waals surface area (Å²) in [5.74, 6) is -1.68. The lowest BCUT2D eigenvalue weighted by molar-refractivity contribution is -0.123. The first-order valence-electron chi connectivity index (χ1n) is 12.5. The maximum absolute atomic E-state index is 14.2. The van der Waals surface area contributed by atoms with Crippen molar-refractivity contribution in [3.63, 3.8) is 0 Å². The van der Waals surface area contributed by atoms with E-state index in [0.29, 0.717) is 11.6 Å². The Morgan fingerprint density at radius 1 is 1.15 bits per heavy atom. The number of nitrogens with one attached hydrogen (secondary N) is 1. The predicted molar refractivity (Wildman–Crippen MR) is 142 cm³/mol. The van der Waals surface area contributed by atoms with Gasteiger partial charge in [-0.25, -0.2) is 4.98 Å². The molecule has 1 aromatic heterocycles. The zero-order valence-electron chi connectivity index (χ0n) is 22.8. The Labute approximate surface area is 229 Å². The molecule has 2 heterocycles. The maximum Gasteiger partial charge on any atom is 0.194 e. The monoisotopic (exact) mass is 544 g/mol. The van der Waals surface area contributed by atoms with E-state index in [1.165, 1.54) is 26.8 Å². The second-order valence-electron chi connectivity index (χ2n) is 10.0. The number of phenolic OH excluding ortho intramolecular Hbond substituents is 2. The first-order chi connectivity index (χ1) is 18.9. The van der Waals surface area contributed by atoms with E-state index < -0.39 is 34.6 Å². The molecule has 0 saturated carbocycles. The average molecular weight is 545 g/mol. The van der Waals surface area contributed by atoms with Crippen molar-refractivity contribution in [1.29, 1.82) is 0 Å². The summed E-state index contributed by atoms with van der Waals surface area (Å²) >= 11 is 0. The third-order valence-corrected chi connectivity index (χ3v) is 7.45. The highest BCUT2D eigenvalue weighted by molar-refractivity contribution is 6.31. The van der Waals surface area contributed by atoms with Crippen molar-refractivity contribution < 1.29 is 34.1 Å². The molecule has 0 fully saturated rings. The highest BCUT2D eigenvalue weighted by atomic mass is 16.5. The van der Waals surface area contributed by atoms with Crippen molar-refractivity contribution in [2.45, 2.75) is 39.2 Å². The molecule has 0 saturated heterocycles. The smallest absolute Gasteiger partial charge is 0.194 e. The van der Waals surface area contributed by atoms with E-state index in [0.717, 1.165) is 5.56 Å². The summed E-state index contributed by atoms with van der Waals surface area (Å²) in [6.45, 7) is 5.80. The van der Waals surface area contributed by atoms with Crippen LogP contribution in [0.25, 0.3) is 0 Å². The molecule has 2 aromatic carbocycles. The Hall–Kier alpha value is -4.93. The van der Waals surface area contributed by atoms with Gasteiger partial charge in [-0.3, -0.25) is 19.1 Å². The zero-order valence-corrected chi connectivity index (χ0v) is 22.8. The van der Waals surface area contributed by atoms with Crippen LogP contribution in [-0.4, -0.2) is 49.4 Å². The SMILES string of the molecule is COc1ccc([C@H](N/C(C)=C2\C(=O)C=C3Oc4c(C(C)=O)c(O)c(C)c(O)c4[C@@]3(C)C2=O)c2ncn(C)n2)cc1. The minimum atomic E-state index is -1.62. The van der Waals surface area contributed by atoms with Gasteiger partial charge in [-0.05, 0) is 45.4 Å². The van der Waals surface area contributed by atoms with Crippen molar-refractivity contribution in [2.24, 2.45) is 7.05 Å². The highest BCUT2D eigenvalue weighted by Crippen LogP contribution is 2.57. The van der Waals surface area contributed by atoms with E-state index in [1.807, 2.05) is 12.1 Å². The topological polar surface area (TPSA) is 153 Å². The fourth-order valence-corrected chi connectivity index (χ4v) is 5.23. The summed E-state index contributed by atoms with van der Waals surface area (Å²) < 4.78 is 12.6. The minimum Gasteiger partial charge on any atom is -0.507 e. The second-order valence-corrected chi connectivity index (χ2v) is 10.0. The van der Waals surface area contributed by atoms with Crippen molar-refractivity contribution in [2.75, 3.05) is 7.11 Å². The van der Waals surface area contributed by atoms with E-state index in [-0.39, 0.29) is 45.2 Å². The second kappa shape index (κ2) is 9.37. The van der Waals surface area contributed by atoms with Gasteiger partial charge in [-0.15, -0.1) is 0 Å². The lowest BCUT2D eigenvalue weighted by Gasteiger charge is -2.29. The van der Waals surface area contributed by atoms with Crippen LogP contribution in [0, 0.1) is 6.92 Å². The molecule has 11 heteroatoms. The van der Waals surface area contributed by atoms with Crippen molar-refractivity contribution in [3.05, 3.63) is 81.8 Å². The van der Waals surface area contributed by atoms with Gasteiger partial charge in [0.05, 0.1) is 18.2 Å². The number of rotatable bonds is 6. The van der Waals surface area contributed by atoms with Crippen LogP contribution >= 0.6 is 0 Å². The number of carbonyl (C=O) groups is 3. The van der Waals surface area contributed by atoms with Gasteiger partial charge in [0.2, 0.25) is 0 Å². The molecule has 2 aliphatic rings. The number of benzene rings is 2. The number of ether oxygens (including phenoxy) is 2. The van der Waals surface area contributed by atoms with Gasteiger partial charge in [-0.1, -0.05) is 12.1 Å². The number of hydrogen-bond acceptors (Lipinski definition) is 10. The lowest BCUT2D eigenvalue weighted by Crippen LogP contribution is -2.41. The number of allylic oxidation sites excluding steroid dienone is 4. The molecule has 40 heavy (non-hydrogen) atoms. The molecule has 0 amide bonds. The molecule has 1 aliphatic carbocycles. The van der Waals surface area contributed by atoms with Crippen molar-refractivity contribution in [1.82, 2.24) is 20.1 Å². The van der Waals surface area contributed by atoms with E-state index >= 15 is 0 Å². The van der Waals surface area contributed by atoms with Gasteiger partial charge in [-0.2, -0.15) is 5.10 Å². The molecule has 2 atom stereocenters. The fraction of sp³-hybridized carbons (Fsp3) is 0.276. The molecule has 0 radical (unpaired) electrons. The van der Waals surface area contributed by atoms with Crippen molar-refractivity contribution >= 4 is 17.3 Å². The Balaban J connectivity index is 1.64. The van der Waals surface area contributed by atoms with Gasteiger partial charge < -0.3 is 25.0 Å². The quantitative estimate of drug-likeness (QED) is 0.240. The van der Waals surface area contributed by atoms with Crippen LogP contribution in [0.1, 0.15) is 59.7 Å². The van der Waals surface area contributed by atoms with Crippen LogP contribution in [-0.2, 0) is 22.1 Å². The molecule has 3 aromatic rings. The highest BCUT2D eigenvalue weighted by Gasteiger charge is 2.56. The van der Waals surface area contributed by atoms with E-state index in [2.05, 4.69) is 15.4 Å². The standard InChI is InChI=1S/C29H28N4O7/c1-13-24(36)21(15(3)34)26-22(25(13)37)29(4)19(40-26)11-18(35)20(27(29)38)14(2)31-23(28-30-12-33(5)32-28)16-7-9-17(39-6)10-8-16/h7-12,23,31,36-37H,1-6H3/b20-14+/t23-,29-/m0/s1. The fourth-order valence-electron chi connectivity index (χ4n) is 5.23. The number of fused-ring (bicyclic) bond motifs is 3. The van der Waals surface area contributed by atoms with Gasteiger partial charge in [0.15, 0.2) is 23.2 Å². The van der Waals surface area contributed by atoms with E-state index in [9.17, 15) is 24.6 Å². The molecular weight excluding hydrogens is 516 g/mol. The van der Waals surface area contributed by atoms with Crippen LogP contribution in [0.2, 0.25) is 0 Å². The number of phenols is 2. The number of ketones is 3. The molecule has 5 rings (SSSR count). The Kier molecular flexibility index (Phi) is 6.24. The summed E-state index contributed by atoms with van der Waals surface area (Å²) in [4.78, 5) is 44.3. The van der Waals surface area contributed by atoms with Gasteiger partial charge >= 0.3 is 0 Å². The van der Waals surface area contributed by atoms with Crippen LogP contribution in [0.5, 0.6) is 23.0 Å². The summed E-state index contributed by atoms with van der Waals surface area (Å²) in [5, 5.41) is 29.3. The van der Waals surface area contributed by atoms with Crippen LogP contribution in [0.15, 0.2) is 53.7 Å². The number of aromatic nitrogens is 3. The molecule has 0 bridgehead atoms. The number of methoxy groups -OCH3 is 1. The number of Topliss-reactive ketones (excluding diaryl/α,β-unsaturated/α-hetero) is 2. The average Bonchev–Trinajstić information content (AvgIpc) is 3.47. The Morgan fingerprint density at radius 2 is 1.82 bits per heavy atom. The van der Waals surface area contributed by atoms with E-state index in [4.69, 9.17) is 9.47 Å². The van der Waals surface area contributed by atoms with E-state index in [1.54, 1.807) is 44.2 Å². The van der Waals surface area contributed by atoms with Gasteiger partial charge in [0, 0.05) is 24.4 Å². The predicted octanol–water partition coefficient (Wildman–Crippen LogP) is 3.08. The Bertz CT molecular complexity index is 1670. The number of carbonyl (C=O) groups excluding carboxylic acids is 3. The molecule has 11 nitrogen and oxygen atoms in total. The first kappa shape index (κ1) is 26.7. The molecule has 0 unspecified atom stereocenters. The maximum atomic E-state index is 14.2. The molecule has 0 spiro atoms. The normalized spacial score (nSPS) is 19.8. The Morgan fingerprint density at radius 3 is 2.40 bits per heavy atom. The number of aryl methyl sites for hydroxylation is 1. The molecular formula is C29H28N4O7. The summed E-state index contributed by atoms with van der Waals surface area (Å²) in [7, 11) is 3.29.